The van der Waals surface area contributed by atoms with Crippen molar-refractivity contribution in [2.24, 2.45) is 0 Å². The van der Waals surface area contributed by atoms with Gasteiger partial charge in [-0.25, -0.2) is 0 Å². The Kier molecular flexibility index (Phi) is 5.41. The number of amides is 1. The number of carbonyl (C=O) groups is 2. The molecule has 0 fully saturated rings. The van der Waals surface area contributed by atoms with E-state index in [0.29, 0.717) is 26.9 Å². The van der Waals surface area contributed by atoms with Gasteiger partial charge in [-0.15, -0.1) is 0 Å². The number of carbonyl (C=O) groups excluding carboxylic acids is 2. The molecule has 0 bridgehead atoms. The van der Waals surface area contributed by atoms with Gasteiger partial charge in [0.25, 0.3) is 5.91 Å². The summed E-state index contributed by atoms with van der Waals surface area (Å²) in [5.74, 6) is -0.895. The number of hydrogen-bond acceptors (Lipinski definition) is 3. The number of ketones is 1. The van der Waals surface area contributed by atoms with Crippen LogP contribution < -0.4 is 4.90 Å². The van der Waals surface area contributed by atoms with Gasteiger partial charge in [0.1, 0.15) is 0 Å². The number of Topliss-reactive ketones (excluding diaryl/α,β-unsaturated/α-hetero) is 1. The molecule has 6 heteroatoms. The summed E-state index contributed by atoms with van der Waals surface area (Å²) in [6.45, 7) is 2.27. The highest BCUT2D eigenvalue weighted by Crippen LogP contribution is 2.44. The first kappa shape index (κ1) is 20.6. The quantitative estimate of drug-likeness (QED) is 0.548. The van der Waals surface area contributed by atoms with E-state index < -0.39 is 11.5 Å². The van der Waals surface area contributed by atoms with E-state index in [1.165, 1.54) is 4.90 Å². The Morgan fingerprint density at radius 2 is 1.60 bits per heavy atom. The van der Waals surface area contributed by atoms with Crippen molar-refractivity contribution in [3.05, 3.63) is 99.0 Å². The van der Waals surface area contributed by atoms with Crippen LogP contribution in [0.1, 0.15) is 33.5 Å². The first-order chi connectivity index (χ1) is 14.3. The third-order valence-electron chi connectivity index (χ3n) is 5.34. The van der Waals surface area contributed by atoms with Crippen molar-refractivity contribution in [1.29, 1.82) is 0 Å². The molecule has 1 aliphatic heterocycles. The van der Waals surface area contributed by atoms with Crippen LogP contribution >= 0.6 is 23.2 Å². The average Bonchev–Trinajstić information content (AvgIpc) is 2.91. The average molecular weight is 440 g/mol. The minimum Gasteiger partial charge on any atom is -0.375 e. The molecule has 1 atom stereocenters. The highest BCUT2D eigenvalue weighted by Gasteiger charge is 2.51. The molecule has 3 aromatic carbocycles. The molecule has 1 heterocycles. The second-order valence-corrected chi connectivity index (χ2v) is 8.38. The Morgan fingerprint density at radius 3 is 2.27 bits per heavy atom. The van der Waals surface area contributed by atoms with Gasteiger partial charge >= 0.3 is 0 Å². The number of hydrogen-bond donors (Lipinski definition) is 1. The van der Waals surface area contributed by atoms with Crippen molar-refractivity contribution in [3.8, 4) is 0 Å². The van der Waals surface area contributed by atoms with E-state index in [1.807, 2.05) is 31.2 Å². The van der Waals surface area contributed by atoms with E-state index in [0.717, 1.165) is 11.1 Å². The van der Waals surface area contributed by atoms with Gasteiger partial charge in [-0.1, -0.05) is 53.0 Å². The molecular formula is C24H19Cl2NO3. The molecule has 1 aliphatic rings. The van der Waals surface area contributed by atoms with Gasteiger partial charge in [-0.05, 0) is 55.0 Å². The first-order valence-electron chi connectivity index (χ1n) is 9.46. The molecule has 4 nitrogen and oxygen atoms in total. The zero-order valence-electron chi connectivity index (χ0n) is 16.2. The molecule has 1 amide bonds. The van der Waals surface area contributed by atoms with Crippen LogP contribution in [0.25, 0.3) is 0 Å². The van der Waals surface area contributed by atoms with Gasteiger partial charge in [-0.3, -0.25) is 9.59 Å². The summed E-state index contributed by atoms with van der Waals surface area (Å²) in [4.78, 5) is 27.7. The summed E-state index contributed by atoms with van der Waals surface area (Å²) in [5.41, 5.74) is 1.32. The third-order valence-corrected chi connectivity index (χ3v) is 5.82. The van der Waals surface area contributed by atoms with Crippen LogP contribution in [0.15, 0.2) is 66.7 Å². The van der Waals surface area contributed by atoms with Gasteiger partial charge < -0.3 is 10.0 Å². The van der Waals surface area contributed by atoms with E-state index in [9.17, 15) is 14.7 Å². The minimum atomic E-state index is -1.98. The number of fused-ring (bicyclic) bond motifs is 1. The maximum Gasteiger partial charge on any atom is 0.264 e. The van der Waals surface area contributed by atoms with Crippen molar-refractivity contribution >= 4 is 40.6 Å². The van der Waals surface area contributed by atoms with Crippen molar-refractivity contribution in [3.63, 3.8) is 0 Å². The molecule has 3 aromatic rings. The highest BCUT2D eigenvalue weighted by atomic mass is 35.5. The number of nitrogens with zero attached hydrogens (tertiary/aromatic N) is 1. The number of benzene rings is 3. The molecule has 0 saturated carbocycles. The van der Waals surface area contributed by atoms with Crippen molar-refractivity contribution in [2.75, 3.05) is 4.90 Å². The molecular weight excluding hydrogens is 421 g/mol. The lowest BCUT2D eigenvalue weighted by atomic mass is 9.88. The Hall–Kier alpha value is -2.66. The zero-order chi connectivity index (χ0) is 21.5. The Balaban J connectivity index is 1.70. The Bertz CT molecular complexity index is 1130. The second kappa shape index (κ2) is 7.88. The number of rotatable bonds is 5. The monoisotopic (exact) mass is 439 g/mol. The van der Waals surface area contributed by atoms with Gasteiger partial charge in [0.05, 0.1) is 18.7 Å². The summed E-state index contributed by atoms with van der Waals surface area (Å²) in [7, 11) is 0. The summed E-state index contributed by atoms with van der Waals surface area (Å²) in [6, 6.07) is 19.1. The van der Waals surface area contributed by atoms with Crippen LogP contribution in [0.5, 0.6) is 0 Å². The molecule has 4 rings (SSSR count). The fourth-order valence-electron chi connectivity index (χ4n) is 3.70. The van der Waals surface area contributed by atoms with E-state index >= 15 is 0 Å². The van der Waals surface area contributed by atoms with Crippen molar-refractivity contribution < 1.29 is 14.7 Å². The smallest absolute Gasteiger partial charge is 0.264 e. The number of aliphatic hydroxyl groups is 1. The van der Waals surface area contributed by atoms with E-state index in [2.05, 4.69) is 0 Å². The highest BCUT2D eigenvalue weighted by molar-refractivity contribution is 6.31. The lowest BCUT2D eigenvalue weighted by molar-refractivity contribution is -0.136. The molecule has 0 radical (unpaired) electrons. The number of aryl methyl sites for hydroxylation is 1. The molecule has 152 valence electrons. The molecule has 0 aromatic heterocycles. The molecule has 30 heavy (non-hydrogen) atoms. The molecule has 0 aliphatic carbocycles. The van der Waals surface area contributed by atoms with E-state index in [1.54, 1.807) is 42.5 Å². The lowest BCUT2D eigenvalue weighted by Crippen LogP contribution is -2.41. The fraction of sp³-hybridized carbons (Fsp3) is 0.167. The van der Waals surface area contributed by atoms with Crippen molar-refractivity contribution in [1.82, 2.24) is 0 Å². The summed E-state index contributed by atoms with van der Waals surface area (Å²) in [5, 5.41) is 12.3. The number of anilines is 1. The SMILES string of the molecule is Cc1ccc(CN2C(=O)[C@@](O)(CC(=O)c3ccc(Cl)cc3)c3cc(Cl)ccc32)cc1. The molecule has 0 unspecified atom stereocenters. The maximum atomic E-state index is 13.3. The normalized spacial score (nSPS) is 17.9. The van der Waals surface area contributed by atoms with Crippen molar-refractivity contribution in [2.45, 2.75) is 25.5 Å². The summed E-state index contributed by atoms with van der Waals surface area (Å²) < 4.78 is 0. The van der Waals surface area contributed by atoms with E-state index in [-0.39, 0.29) is 18.7 Å². The molecule has 0 saturated heterocycles. The first-order valence-corrected chi connectivity index (χ1v) is 10.2. The molecule has 0 spiro atoms. The largest absolute Gasteiger partial charge is 0.375 e. The predicted octanol–water partition coefficient (Wildman–Crippen LogP) is 5.31. The van der Waals surface area contributed by atoms with Crippen LogP contribution in [0, 0.1) is 6.92 Å². The van der Waals surface area contributed by atoms with Crippen LogP contribution in [-0.2, 0) is 16.9 Å². The minimum absolute atomic E-state index is 0.283. The molecule has 1 N–H and O–H groups in total. The summed E-state index contributed by atoms with van der Waals surface area (Å²) in [6.07, 6.45) is -0.384. The number of halogens is 2. The van der Waals surface area contributed by atoms with Gasteiger partial charge in [0.2, 0.25) is 0 Å². The van der Waals surface area contributed by atoms with Gasteiger partial charge in [0, 0.05) is 21.2 Å². The second-order valence-electron chi connectivity index (χ2n) is 7.51. The van der Waals surface area contributed by atoms with Crippen LogP contribution in [0.4, 0.5) is 5.69 Å². The summed E-state index contributed by atoms with van der Waals surface area (Å²) >= 11 is 12.0. The Morgan fingerprint density at radius 1 is 0.967 bits per heavy atom. The topological polar surface area (TPSA) is 57.6 Å². The van der Waals surface area contributed by atoms with E-state index in [4.69, 9.17) is 23.2 Å². The lowest BCUT2D eigenvalue weighted by Gasteiger charge is -2.23. The Labute approximate surface area is 184 Å². The predicted molar refractivity (Wildman–Crippen MR) is 118 cm³/mol. The van der Waals surface area contributed by atoms with Crippen LogP contribution in [0.3, 0.4) is 0 Å². The van der Waals surface area contributed by atoms with Gasteiger partial charge in [0.15, 0.2) is 11.4 Å². The third kappa shape index (κ3) is 3.74. The standard InChI is InChI=1S/C24H19Cl2NO3/c1-15-2-4-16(5-3-15)14-27-21-11-10-19(26)12-20(21)24(30,23(27)29)13-22(28)17-6-8-18(25)9-7-17/h2-12,30H,13-14H2,1H3/t24-/m1/s1. The fourth-order valence-corrected chi connectivity index (χ4v) is 3.99. The van der Waals surface area contributed by atoms with Crippen LogP contribution in [0.2, 0.25) is 10.0 Å². The maximum absolute atomic E-state index is 13.3. The zero-order valence-corrected chi connectivity index (χ0v) is 17.7. The van der Waals surface area contributed by atoms with Gasteiger partial charge in [-0.2, -0.15) is 0 Å². The van der Waals surface area contributed by atoms with Crippen LogP contribution in [-0.4, -0.2) is 16.8 Å².